The highest BCUT2D eigenvalue weighted by atomic mass is 14.8. The molecule has 0 rings (SSSR count). The minimum atomic E-state index is 0.856. The molecular formula is C13H21N. The van der Waals surface area contributed by atoms with Crippen molar-refractivity contribution in [2.75, 3.05) is 13.1 Å². The summed E-state index contributed by atoms with van der Waals surface area (Å²) in [5, 5.41) is 3.26. The highest BCUT2D eigenvalue weighted by Crippen LogP contribution is 2.04. The molecule has 1 heteroatoms. The molecule has 0 aromatic carbocycles. The van der Waals surface area contributed by atoms with Gasteiger partial charge in [-0.25, -0.2) is 0 Å². The zero-order valence-corrected chi connectivity index (χ0v) is 9.56. The summed E-state index contributed by atoms with van der Waals surface area (Å²) < 4.78 is 0. The van der Waals surface area contributed by atoms with Crippen molar-refractivity contribution in [3.63, 3.8) is 0 Å². The fourth-order valence-electron chi connectivity index (χ4n) is 1.24. The van der Waals surface area contributed by atoms with E-state index in [4.69, 9.17) is 0 Å². The van der Waals surface area contributed by atoms with Crippen molar-refractivity contribution in [3.8, 4) is 0 Å². The standard InChI is InChI=1S/C13H21N/c1-6-7-14-10-13(5)9-12(4)8-11(2)3/h6,8-9,14H,1-2,7,10H2,3-5H3/b12-8-,13-9-. The molecule has 0 aromatic heterocycles. The third kappa shape index (κ3) is 7.56. The van der Waals surface area contributed by atoms with E-state index in [9.17, 15) is 0 Å². The fraction of sp³-hybridized carbons (Fsp3) is 0.385. The Balaban J connectivity index is 4.08. The lowest BCUT2D eigenvalue weighted by atomic mass is 10.1. The monoisotopic (exact) mass is 191 g/mol. The maximum Gasteiger partial charge on any atom is 0.0168 e. The van der Waals surface area contributed by atoms with Gasteiger partial charge in [-0.15, -0.1) is 6.58 Å². The van der Waals surface area contributed by atoms with Crippen molar-refractivity contribution in [2.45, 2.75) is 20.8 Å². The smallest absolute Gasteiger partial charge is 0.0168 e. The van der Waals surface area contributed by atoms with Gasteiger partial charge in [-0.05, 0) is 20.8 Å². The maximum atomic E-state index is 3.84. The van der Waals surface area contributed by atoms with E-state index >= 15 is 0 Å². The normalized spacial score (nSPS) is 12.8. The summed E-state index contributed by atoms with van der Waals surface area (Å²) >= 11 is 0. The van der Waals surface area contributed by atoms with Gasteiger partial charge in [0, 0.05) is 13.1 Å². The highest BCUT2D eigenvalue weighted by Gasteiger charge is 1.89. The SMILES string of the molecule is C=CCNC/C(C)=C\C(C)=C/C(=C)C. The summed E-state index contributed by atoms with van der Waals surface area (Å²) in [5.74, 6) is 0. The molecule has 0 aromatic rings. The second-order valence-corrected chi connectivity index (χ2v) is 3.64. The van der Waals surface area contributed by atoms with Crippen LogP contribution in [0.2, 0.25) is 0 Å². The third-order valence-corrected chi connectivity index (χ3v) is 1.64. The molecular weight excluding hydrogens is 170 g/mol. The predicted molar refractivity (Wildman–Crippen MR) is 65.4 cm³/mol. The molecule has 0 atom stereocenters. The van der Waals surface area contributed by atoms with Gasteiger partial charge in [0.15, 0.2) is 0 Å². The van der Waals surface area contributed by atoms with Crippen LogP contribution in [0.25, 0.3) is 0 Å². The van der Waals surface area contributed by atoms with E-state index < -0.39 is 0 Å². The molecule has 0 spiro atoms. The Bertz CT molecular complexity index is 256. The molecule has 0 amide bonds. The average Bonchev–Trinajstić information content (AvgIpc) is 2.02. The third-order valence-electron chi connectivity index (χ3n) is 1.64. The second-order valence-electron chi connectivity index (χ2n) is 3.64. The molecule has 78 valence electrons. The summed E-state index contributed by atoms with van der Waals surface area (Å²) in [6.45, 7) is 15.5. The zero-order chi connectivity index (χ0) is 11.0. The van der Waals surface area contributed by atoms with Gasteiger partial charge in [0.2, 0.25) is 0 Å². The number of allylic oxidation sites excluding steroid dienone is 4. The summed E-state index contributed by atoms with van der Waals surface area (Å²) in [6.07, 6.45) is 6.12. The Morgan fingerprint density at radius 3 is 2.36 bits per heavy atom. The second kappa shape index (κ2) is 7.34. The quantitative estimate of drug-likeness (QED) is 0.386. The summed E-state index contributed by atoms with van der Waals surface area (Å²) in [4.78, 5) is 0. The lowest BCUT2D eigenvalue weighted by Crippen LogP contribution is -2.15. The van der Waals surface area contributed by atoms with Crippen LogP contribution in [-0.2, 0) is 0 Å². The van der Waals surface area contributed by atoms with Crippen LogP contribution in [-0.4, -0.2) is 13.1 Å². The van der Waals surface area contributed by atoms with E-state index in [1.165, 1.54) is 11.1 Å². The summed E-state index contributed by atoms with van der Waals surface area (Å²) in [7, 11) is 0. The van der Waals surface area contributed by atoms with E-state index in [0.717, 1.165) is 18.7 Å². The molecule has 0 aliphatic heterocycles. The van der Waals surface area contributed by atoms with Crippen LogP contribution >= 0.6 is 0 Å². The first-order valence-electron chi connectivity index (χ1n) is 4.89. The largest absolute Gasteiger partial charge is 0.310 e. The molecule has 0 heterocycles. The summed E-state index contributed by atoms with van der Waals surface area (Å²) in [6, 6.07) is 0. The van der Waals surface area contributed by atoms with Gasteiger partial charge in [0.25, 0.3) is 0 Å². The Labute approximate surface area is 87.9 Å². The van der Waals surface area contributed by atoms with Crippen LogP contribution in [0, 0.1) is 0 Å². The van der Waals surface area contributed by atoms with Crippen LogP contribution in [0.4, 0.5) is 0 Å². The molecule has 0 aliphatic carbocycles. The fourth-order valence-corrected chi connectivity index (χ4v) is 1.24. The first-order valence-corrected chi connectivity index (χ1v) is 4.89. The average molecular weight is 191 g/mol. The van der Waals surface area contributed by atoms with E-state index in [0.29, 0.717) is 0 Å². The first kappa shape index (κ1) is 12.9. The van der Waals surface area contributed by atoms with Crippen molar-refractivity contribution in [1.82, 2.24) is 5.32 Å². The van der Waals surface area contributed by atoms with Gasteiger partial charge in [-0.2, -0.15) is 0 Å². The molecule has 14 heavy (non-hydrogen) atoms. The number of rotatable bonds is 6. The van der Waals surface area contributed by atoms with Crippen LogP contribution in [0.15, 0.2) is 48.1 Å². The van der Waals surface area contributed by atoms with Gasteiger partial charge in [-0.3, -0.25) is 0 Å². The highest BCUT2D eigenvalue weighted by molar-refractivity contribution is 5.28. The van der Waals surface area contributed by atoms with E-state index in [1.807, 2.05) is 13.0 Å². The molecule has 1 N–H and O–H groups in total. The molecule has 1 nitrogen and oxygen atoms in total. The van der Waals surface area contributed by atoms with Crippen molar-refractivity contribution in [3.05, 3.63) is 48.1 Å². The number of hydrogen-bond donors (Lipinski definition) is 1. The minimum absolute atomic E-state index is 0.856. The van der Waals surface area contributed by atoms with E-state index in [1.54, 1.807) is 0 Å². The molecule has 0 saturated carbocycles. The van der Waals surface area contributed by atoms with Crippen molar-refractivity contribution in [1.29, 1.82) is 0 Å². The topological polar surface area (TPSA) is 12.0 Å². The Morgan fingerprint density at radius 1 is 1.21 bits per heavy atom. The molecule has 0 fully saturated rings. The molecule has 0 unspecified atom stereocenters. The Morgan fingerprint density at radius 2 is 1.86 bits per heavy atom. The van der Waals surface area contributed by atoms with Crippen molar-refractivity contribution in [2.24, 2.45) is 0 Å². The van der Waals surface area contributed by atoms with Crippen LogP contribution < -0.4 is 5.32 Å². The first-order chi connectivity index (χ1) is 6.56. The van der Waals surface area contributed by atoms with E-state index in [2.05, 4.69) is 44.5 Å². The lowest BCUT2D eigenvalue weighted by Gasteiger charge is -2.02. The lowest BCUT2D eigenvalue weighted by molar-refractivity contribution is 0.814. The van der Waals surface area contributed by atoms with Crippen molar-refractivity contribution < 1.29 is 0 Å². The Hall–Kier alpha value is -1.08. The minimum Gasteiger partial charge on any atom is -0.310 e. The molecule has 0 bridgehead atoms. The van der Waals surface area contributed by atoms with Crippen LogP contribution in [0.3, 0.4) is 0 Å². The van der Waals surface area contributed by atoms with Crippen LogP contribution in [0.5, 0.6) is 0 Å². The van der Waals surface area contributed by atoms with Gasteiger partial charge >= 0.3 is 0 Å². The molecule has 0 aliphatic rings. The van der Waals surface area contributed by atoms with Gasteiger partial charge in [0.1, 0.15) is 0 Å². The number of nitrogens with one attached hydrogen (secondary N) is 1. The van der Waals surface area contributed by atoms with Crippen molar-refractivity contribution >= 4 is 0 Å². The maximum absolute atomic E-state index is 3.84. The molecule has 0 radical (unpaired) electrons. The number of hydrogen-bond acceptors (Lipinski definition) is 1. The van der Waals surface area contributed by atoms with Gasteiger partial charge in [-0.1, -0.05) is 41.5 Å². The predicted octanol–water partition coefficient (Wildman–Crippen LogP) is 3.23. The zero-order valence-electron chi connectivity index (χ0n) is 9.56. The van der Waals surface area contributed by atoms with E-state index in [-0.39, 0.29) is 0 Å². The Kier molecular flexibility index (Phi) is 6.77. The molecule has 0 saturated heterocycles. The van der Waals surface area contributed by atoms with Crippen LogP contribution in [0.1, 0.15) is 20.8 Å². The summed E-state index contributed by atoms with van der Waals surface area (Å²) in [5.41, 5.74) is 3.66. The van der Waals surface area contributed by atoms with Gasteiger partial charge < -0.3 is 5.32 Å². The van der Waals surface area contributed by atoms with Gasteiger partial charge in [0.05, 0.1) is 0 Å².